The summed E-state index contributed by atoms with van der Waals surface area (Å²) in [5.41, 5.74) is 0. The molecule has 0 aromatic carbocycles. The van der Waals surface area contributed by atoms with Gasteiger partial charge < -0.3 is 4.80 Å². The summed E-state index contributed by atoms with van der Waals surface area (Å²) in [6, 6.07) is 2.94. The van der Waals surface area contributed by atoms with E-state index >= 15 is 0 Å². The van der Waals surface area contributed by atoms with Crippen LogP contribution in [0.3, 0.4) is 0 Å². The molecule has 1 nitrogen and oxygen atoms in total. The van der Waals surface area contributed by atoms with E-state index in [1.807, 2.05) is 6.08 Å². The Kier molecular flexibility index (Phi) is 5.51. The average Bonchev–Trinajstić information content (AvgIpc) is 1.88. The maximum absolute atomic E-state index is 10.1. The van der Waals surface area contributed by atoms with Crippen molar-refractivity contribution in [2.24, 2.45) is 0 Å². The Balaban J connectivity index is 3.88. The molecule has 0 aromatic heterocycles. The van der Waals surface area contributed by atoms with Gasteiger partial charge in [0, 0.05) is 0 Å². The van der Waals surface area contributed by atoms with Crippen LogP contribution in [0.15, 0.2) is 12.7 Å². The maximum atomic E-state index is 10.1. The van der Waals surface area contributed by atoms with E-state index in [0.717, 1.165) is 31.0 Å². The molecule has 0 atom stereocenters. The van der Waals surface area contributed by atoms with Crippen molar-refractivity contribution in [1.29, 1.82) is 0 Å². The summed E-state index contributed by atoms with van der Waals surface area (Å²) >= 11 is 0. The lowest BCUT2D eigenvalue weighted by molar-refractivity contribution is 0.525. The highest BCUT2D eigenvalue weighted by atomic mass is 28.4. The van der Waals surface area contributed by atoms with E-state index in [9.17, 15) is 4.80 Å². The molecule has 0 saturated carbocycles. The van der Waals surface area contributed by atoms with Gasteiger partial charge in [-0.05, 0) is 18.1 Å². The first-order valence-corrected chi connectivity index (χ1v) is 7.08. The second-order valence-corrected chi connectivity index (χ2v) is 7.07. The van der Waals surface area contributed by atoms with Crippen molar-refractivity contribution in [3.05, 3.63) is 12.7 Å². The van der Waals surface area contributed by atoms with Crippen LogP contribution in [0.1, 0.15) is 26.7 Å². The highest BCUT2D eigenvalue weighted by Gasteiger charge is 2.26. The Morgan fingerprint density at radius 3 is 2.00 bits per heavy atom. The number of hydrogen-bond acceptors (Lipinski definition) is 1. The summed E-state index contributed by atoms with van der Waals surface area (Å²) < 4.78 is 0. The predicted octanol–water partition coefficient (Wildman–Crippen LogP) is 2.93. The highest BCUT2D eigenvalue weighted by molar-refractivity contribution is 6.72. The van der Waals surface area contributed by atoms with Gasteiger partial charge in [0.2, 0.25) is 0 Å². The number of rotatable bonds is 6. The van der Waals surface area contributed by atoms with E-state index < -0.39 is 8.32 Å². The molecule has 0 unspecified atom stereocenters. The summed E-state index contributed by atoms with van der Waals surface area (Å²) in [5.74, 6) is 0. The lowest BCUT2D eigenvalue weighted by Crippen LogP contribution is -2.32. The van der Waals surface area contributed by atoms with E-state index in [0.29, 0.717) is 0 Å². The first-order chi connectivity index (χ1) is 5.18. The third-order valence-corrected chi connectivity index (χ3v) is 5.87. The van der Waals surface area contributed by atoms with Gasteiger partial charge >= 0.3 is 0 Å². The fourth-order valence-corrected chi connectivity index (χ4v) is 4.59. The Hall–Kier alpha value is -0.0831. The van der Waals surface area contributed by atoms with Crippen molar-refractivity contribution >= 4 is 8.32 Å². The lowest BCUT2D eigenvalue weighted by atomic mass is 10.6. The van der Waals surface area contributed by atoms with E-state index in [4.69, 9.17) is 0 Å². The molecule has 0 aliphatic rings. The van der Waals surface area contributed by atoms with Crippen molar-refractivity contribution in [2.45, 2.75) is 44.8 Å². The van der Waals surface area contributed by atoms with Gasteiger partial charge in [0.05, 0.1) is 0 Å². The number of allylic oxidation sites excluding steroid dienone is 1. The first kappa shape index (κ1) is 10.9. The van der Waals surface area contributed by atoms with Crippen LogP contribution in [0.25, 0.3) is 0 Å². The lowest BCUT2D eigenvalue weighted by Gasteiger charge is -2.22. The fraction of sp³-hybridized carbons (Fsp3) is 0.778. The van der Waals surface area contributed by atoms with E-state index in [1.165, 1.54) is 0 Å². The van der Waals surface area contributed by atoms with Crippen LogP contribution in [0, 0.1) is 0 Å². The molecule has 0 bridgehead atoms. The Bertz CT molecular complexity index is 106. The smallest absolute Gasteiger partial charge is 0.192 e. The van der Waals surface area contributed by atoms with Crippen LogP contribution in [-0.2, 0) is 0 Å². The van der Waals surface area contributed by atoms with Gasteiger partial charge in [0.15, 0.2) is 8.32 Å². The fourth-order valence-electron chi connectivity index (χ4n) is 1.53. The van der Waals surface area contributed by atoms with Crippen LogP contribution in [0.4, 0.5) is 0 Å². The predicted molar refractivity (Wildman–Crippen MR) is 53.2 cm³/mol. The topological polar surface area (TPSA) is 20.2 Å². The number of hydrogen-bond donors (Lipinski definition) is 1. The highest BCUT2D eigenvalue weighted by Crippen LogP contribution is 2.21. The molecule has 0 aliphatic heterocycles. The van der Waals surface area contributed by atoms with Gasteiger partial charge in [-0.3, -0.25) is 0 Å². The third kappa shape index (κ3) is 4.38. The molecule has 0 saturated heterocycles. The average molecular weight is 172 g/mol. The Morgan fingerprint density at radius 1 is 1.27 bits per heavy atom. The molecule has 0 spiro atoms. The minimum atomic E-state index is -1.87. The van der Waals surface area contributed by atoms with Gasteiger partial charge in [-0.15, -0.1) is 6.58 Å². The summed E-state index contributed by atoms with van der Waals surface area (Å²) in [7, 11) is -1.87. The molecule has 66 valence electrons. The summed E-state index contributed by atoms with van der Waals surface area (Å²) in [5, 5.41) is 0. The molecule has 0 radical (unpaired) electrons. The molecule has 1 N–H and O–H groups in total. The van der Waals surface area contributed by atoms with Crippen molar-refractivity contribution in [2.75, 3.05) is 0 Å². The van der Waals surface area contributed by atoms with Crippen molar-refractivity contribution in [3.8, 4) is 0 Å². The monoisotopic (exact) mass is 172 g/mol. The van der Waals surface area contributed by atoms with Crippen LogP contribution in [-0.4, -0.2) is 13.1 Å². The van der Waals surface area contributed by atoms with Crippen LogP contribution in [0.2, 0.25) is 18.1 Å². The zero-order valence-electron chi connectivity index (χ0n) is 7.77. The maximum Gasteiger partial charge on any atom is 0.192 e. The molecule has 0 rings (SSSR count). The van der Waals surface area contributed by atoms with Gasteiger partial charge in [0.25, 0.3) is 0 Å². The largest absolute Gasteiger partial charge is 0.431 e. The SMILES string of the molecule is C=CC[Si](O)(CCC)CCC. The Labute approximate surface area is 71.3 Å². The third-order valence-electron chi connectivity index (χ3n) is 1.96. The molecule has 0 amide bonds. The normalized spacial score (nSPS) is 11.5. The molecular weight excluding hydrogens is 152 g/mol. The minimum absolute atomic E-state index is 0.870. The molecular formula is C9H20OSi. The summed E-state index contributed by atoms with van der Waals surface area (Å²) in [4.78, 5) is 10.1. The quantitative estimate of drug-likeness (QED) is 0.482. The first-order valence-electron chi connectivity index (χ1n) is 4.51. The van der Waals surface area contributed by atoms with Crippen molar-refractivity contribution in [1.82, 2.24) is 0 Å². The molecule has 0 aliphatic carbocycles. The van der Waals surface area contributed by atoms with Crippen LogP contribution in [0.5, 0.6) is 0 Å². The van der Waals surface area contributed by atoms with Gasteiger partial charge in [-0.25, -0.2) is 0 Å². The van der Waals surface area contributed by atoms with Gasteiger partial charge in [0.1, 0.15) is 0 Å². The summed E-state index contributed by atoms with van der Waals surface area (Å²) in [6.45, 7) is 7.96. The molecule has 0 aromatic rings. The van der Waals surface area contributed by atoms with Crippen molar-refractivity contribution < 1.29 is 4.80 Å². The van der Waals surface area contributed by atoms with Crippen LogP contribution >= 0.6 is 0 Å². The minimum Gasteiger partial charge on any atom is -0.431 e. The van der Waals surface area contributed by atoms with Gasteiger partial charge in [-0.1, -0.05) is 32.8 Å². The molecule has 0 fully saturated rings. The molecule has 11 heavy (non-hydrogen) atoms. The zero-order chi connectivity index (χ0) is 8.74. The summed E-state index contributed by atoms with van der Waals surface area (Å²) in [6.07, 6.45) is 4.09. The second kappa shape index (κ2) is 5.55. The zero-order valence-corrected chi connectivity index (χ0v) is 8.77. The van der Waals surface area contributed by atoms with E-state index in [-0.39, 0.29) is 0 Å². The van der Waals surface area contributed by atoms with Gasteiger partial charge in [-0.2, -0.15) is 0 Å². The Morgan fingerprint density at radius 2 is 1.73 bits per heavy atom. The molecule has 0 heterocycles. The van der Waals surface area contributed by atoms with Crippen LogP contribution < -0.4 is 0 Å². The van der Waals surface area contributed by atoms with Crippen molar-refractivity contribution in [3.63, 3.8) is 0 Å². The molecule has 2 heteroatoms. The van der Waals surface area contributed by atoms with E-state index in [2.05, 4.69) is 20.4 Å². The standard InChI is InChI=1S/C9H20OSi/c1-4-7-11(10,8-5-2)9-6-3/h4,10H,1,5-9H2,2-3H3. The second-order valence-electron chi connectivity index (χ2n) is 3.22. The van der Waals surface area contributed by atoms with E-state index in [1.54, 1.807) is 0 Å².